The van der Waals surface area contributed by atoms with E-state index in [2.05, 4.69) is 10.3 Å². The van der Waals surface area contributed by atoms with Gasteiger partial charge in [-0.15, -0.1) is 0 Å². The monoisotopic (exact) mass is 299 g/mol. The minimum Gasteiger partial charge on any atom is -0.317 e. The van der Waals surface area contributed by atoms with Crippen molar-refractivity contribution in [2.24, 2.45) is 4.99 Å². The zero-order valence-corrected chi connectivity index (χ0v) is 11.2. The summed E-state index contributed by atoms with van der Waals surface area (Å²) in [7, 11) is 0. The summed E-state index contributed by atoms with van der Waals surface area (Å²) in [6, 6.07) is 6.43. The van der Waals surface area contributed by atoms with Gasteiger partial charge in [-0.05, 0) is 6.92 Å². The van der Waals surface area contributed by atoms with Gasteiger partial charge >= 0.3 is 11.8 Å². The van der Waals surface area contributed by atoms with Crippen molar-refractivity contribution in [3.63, 3.8) is 0 Å². The number of halogens is 3. The molecule has 0 fully saturated rings. The Labute approximate surface area is 118 Å². The lowest BCUT2D eigenvalue weighted by molar-refractivity contribution is -0.196. The average Bonchev–Trinajstić information content (AvgIpc) is 2.67. The van der Waals surface area contributed by atoms with E-state index in [9.17, 15) is 22.8 Å². The topological polar surface area (TPSA) is 70.6 Å². The molecule has 5 nitrogen and oxygen atoms in total. The van der Waals surface area contributed by atoms with Crippen molar-refractivity contribution in [2.45, 2.75) is 25.7 Å². The molecule has 0 spiro atoms. The highest BCUT2D eigenvalue weighted by Gasteiger charge is 2.64. The minimum atomic E-state index is -5.05. The van der Waals surface area contributed by atoms with E-state index in [-0.39, 0.29) is 5.84 Å². The largest absolute Gasteiger partial charge is 0.442 e. The van der Waals surface area contributed by atoms with Gasteiger partial charge in [0.25, 0.3) is 5.91 Å². The lowest BCUT2D eigenvalue weighted by Gasteiger charge is -2.26. The molecule has 112 valence electrons. The summed E-state index contributed by atoms with van der Waals surface area (Å²) in [6.07, 6.45) is -5.05. The molecule has 2 amide bonds. The molecule has 0 aromatic heterocycles. The van der Waals surface area contributed by atoms with E-state index in [0.29, 0.717) is 5.56 Å². The molecule has 1 aromatic carbocycles. The fourth-order valence-electron chi connectivity index (χ4n) is 1.90. The lowest BCUT2D eigenvalue weighted by Crippen LogP contribution is -2.62. The Morgan fingerprint density at radius 1 is 1.29 bits per heavy atom. The Bertz CT molecular complexity index is 623. The van der Waals surface area contributed by atoms with Gasteiger partial charge in [0.15, 0.2) is 0 Å². The minimum absolute atomic E-state index is 0.230. The maximum atomic E-state index is 13.2. The summed E-state index contributed by atoms with van der Waals surface area (Å²) >= 11 is 0. The van der Waals surface area contributed by atoms with Crippen LogP contribution in [-0.4, -0.2) is 29.5 Å². The number of rotatable bonds is 2. The van der Waals surface area contributed by atoms with Crippen molar-refractivity contribution in [3.8, 4) is 0 Å². The first-order chi connectivity index (χ1) is 9.65. The third kappa shape index (κ3) is 2.61. The van der Waals surface area contributed by atoms with Gasteiger partial charge in [0.1, 0.15) is 5.84 Å². The number of alkyl halides is 3. The summed E-state index contributed by atoms with van der Waals surface area (Å²) in [6.45, 7) is 2.70. The van der Waals surface area contributed by atoms with Gasteiger partial charge in [-0.3, -0.25) is 9.59 Å². The van der Waals surface area contributed by atoms with Gasteiger partial charge in [-0.2, -0.15) is 13.2 Å². The molecule has 0 radical (unpaired) electrons. The highest BCUT2D eigenvalue weighted by atomic mass is 19.4. The number of nitrogens with zero attached hydrogens (tertiary/aromatic N) is 1. The van der Waals surface area contributed by atoms with E-state index >= 15 is 0 Å². The summed E-state index contributed by atoms with van der Waals surface area (Å²) in [5, 5.41) is 3.66. The maximum Gasteiger partial charge on any atom is 0.442 e. The normalized spacial score (nSPS) is 21.8. The Hall–Kier alpha value is -2.38. The Morgan fingerprint density at radius 3 is 2.33 bits per heavy atom. The van der Waals surface area contributed by atoms with Crippen LogP contribution in [0.5, 0.6) is 0 Å². The fourth-order valence-corrected chi connectivity index (χ4v) is 1.90. The molecular formula is C13H12F3N3O2. The third-order valence-electron chi connectivity index (χ3n) is 2.93. The van der Waals surface area contributed by atoms with Gasteiger partial charge in [0.2, 0.25) is 5.91 Å². The smallest absolute Gasteiger partial charge is 0.317 e. The maximum absolute atomic E-state index is 13.2. The van der Waals surface area contributed by atoms with E-state index in [1.807, 2.05) is 6.92 Å². The van der Waals surface area contributed by atoms with Crippen LogP contribution in [0.1, 0.15) is 18.1 Å². The van der Waals surface area contributed by atoms with Gasteiger partial charge in [0, 0.05) is 12.5 Å². The number of carbonyl (C=O) groups is 2. The second-order valence-electron chi connectivity index (χ2n) is 4.67. The molecule has 1 atom stereocenters. The third-order valence-corrected chi connectivity index (χ3v) is 2.93. The second kappa shape index (κ2) is 4.87. The molecule has 21 heavy (non-hydrogen) atoms. The number of hydrogen-bond acceptors (Lipinski definition) is 3. The first-order valence-electron chi connectivity index (χ1n) is 5.99. The van der Waals surface area contributed by atoms with Gasteiger partial charge in [-0.25, -0.2) is 4.99 Å². The first kappa shape index (κ1) is 15.0. The molecule has 1 aromatic rings. The van der Waals surface area contributed by atoms with Crippen molar-refractivity contribution in [2.75, 3.05) is 0 Å². The number of amides is 2. The number of hydrogen-bond donors (Lipinski definition) is 2. The van der Waals surface area contributed by atoms with Crippen LogP contribution in [0.15, 0.2) is 29.3 Å². The molecule has 0 saturated heterocycles. The molecule has 2 rings (SSSR count). The van der Waals surface area contributed by atoms with E-state index < -0.39 is 23.7 Å². The summed E-state index contributed by atoms with van der Waals surface area (Å²) in [4.78, 5) is 26.2. The molecule has 8 heteroatoms. The molecule has 2 N–H and O–H groups in total. The summed E-state index contributed by atoms with van der Waals surface area (Å²) in [5.41, 5.74) is -2.04. The van der Waals surface area contributed by atoms with Crippen LogP contribution in [0.4, 0.5) is 13.2 Å². The van der Waals surface area contributed by atoms with Crippen molar-refractivity contribution >= 4 is 17.6 Å². The Balaban J connectivity index is 2.49. The summed E-state index contributed by atoms with van der Waals surface area (Å²) in [5.74, 6) is -2.66. The van der Waals surface area contributed by atoms with E-state index in [1.54, 1.807) is 17.4 Å². The molecule has 0 bridgehead atoms. The van der Waals surface area contributed by atoms with Crippen molar-refractivity contribution in [1.82, 2.24) is 10.6 Å². The molecule has 1 aliphatic heterocycles. The second-order valence-corrected chi connectivity index (χ2v) is 4.67. The van der Waals surface area contributed by atoms with Crippen LogP contribution >= 0.6 is 0 Å². The SMILES string of the molecule is CC(=O)N[C@]1(C(F)(F)F)N=C(c2ccc(C)cc2)NC1=O. The molecule has 1 aliphatic rings. The molecule has 0 saturated carbocycles. The average molecular weight is 299 g/mol. The predicted molar refractivity (Wildman–Crippen MR) is 68.5 cm³/mol. The van der Waals surface area contributed by atoms with E-state index in [1.165, 1.54) is 12.1 Å². The zero-order chi connectivity index (χ0) is 15.8. The number of carbonyl (C=O) groups excluding carboxylic acids is 2. The van der Waals surface area contributed by atoms with Crippen LogP contribution in [0.3, 0.4) is 0 Å². The van der Waals surface area contributed by atoms with E-state index in [0.717, 1.165) is 12.5 Å². The number of benzene rings is 1. The van der Waals surface area contributed by atoms with Gasteiger partial charge < -0.3 is 10.6 Å². The van der Waals surface area contributed by atoms with Crippen molar-refractivity contribution in [3.05, 3.63) is 35.4 Å². The molecule has 1 heterocycles. The lowest BCUT2D eigenvalue weighted by atomic mass is 10.1. The highest BCUT2D eigenvalue weighted by Crippen LogP contribution is 2.35. The number of aryl methyl sites for hydroxylation is 1. The highest BCUT2D eigenvalue weighted by molar-refractivity contribution is 6.16. The first-order valence-corrected chi connectivity index (χ1v) is 5.99. The van der Waals surface area contributed by atoms with Gasteiger partial charge in [0.05, 0.1) is 0 Å². The fraction of sp³-hybridized carbons (Fsp3) is 0.308. The Kier molecular flexibility index (Phi) is 3.48. The van der Waals surface area contributed by atoms with E-state index in [4.69, 9.17) is 0 Å². The predicted octanol–water partition coefficient (Wildman–Crippen LogP) is 1.27. The molecule has 0 unspecified atom stereocenters. The Morgan fingerprint density at radius 2 is 1.86 bits per heavy atom. The van der Waals surface area contributed by atoms with Crippen LogP contribution in [0.25, 0.3) is 0 Å². The van der Waals surface area contributed by atoms with Crippen molar-refractivity contribution in [1.29, 1.82) is 0 Å². The standard InChI is InChI=1S/C13H12F3N3O2/c1-7-3-5-9(6-4-7)10-17-11(21)12(19-10,13(14,15)16)18-8(2)20/h3-6H,1-2H3,(H,18,20)(H,17,19,21)/t12-/m0/s1. The summed E-state index contributed by atoms with van der Waals surface area (Å²) < 4.78 is 39.6. The van der Waals surface area contributed by atoms with Crippen molar-refractivity contribution < 1.29 is 22.8 Å². The van der Waals surface area contributed by atoms with Crippen LogP contribution < -0.4 is 10.6 Å². The number of nitrogens with one attached hydrogen (secondary N) is 2. The van der Waals surface area contributed by atoms with Crippen LogP contribution in [-0.2, 0) is 9.59 Å². The van der Waals surface area contributed by atoms with Gasteiger partial charge in [-0.1, -0.05) is 29.8 Å². The number of aliphatic imine (C=N–C) groups is 1. The number of amidine groups is 1. The molecule has 0 aliphatic carbocycles. The van der Waals surface area contributed by atoms with Crippen LogP contribution in [0.2, 0.25) is 0 Å². The van der Waals surface area contributed by atoms with Crippen LogP contribution in [0, 0.1) is 6.92 Å². The molecular weight excluding hydrogens is 287 g/mol. The quantitative estimate of drug-likeness (QED) is 0.863. The zero-order valence-electron chi connectivity index (χ0n) is 11.2.